The Labute approximate surface area is 445 Å². The maximum Gasteiger partial charge on any atom is 0.261 e. The van der Waals surface area contributed by atoms with Crippen LogP contribution in [0.4, 0.5) is 34.1 Å². The lowest BCUT2D eigenvalue weighted by Crippen LogP contribution is -2.61. The Morgan fingerprint density at radius 2 is 0.688 bits per heavy atom. The van der Waals surface area contributed by atoms with E-state index in [1.807, 2.05) is 12.3 Å². The van der Waals surface area contributed by atoms with Gasteiger partial charge in [-0.15, -0.1) is 0 Å². The molecule has 0 saturated heterocycles. The van der Waals surface area contributed by atoms with Crippen molar-refractivity contribution < 1.29 is 8.83 Å². The number of benzene rings is 11. The molecule has 5 heterocycles. The highest BCUT2D eigenvalue weighted by Crippen LogP contribution is 2.52. The minimum atomic E-state index is -0.372. The van der Waals surface area contributed by atoms with Crippen LogP contribution in [-0.2, 0) is 0 Å². The molecule has 0 atom stereocenters. The fourth-order valence-electron chi connectivity index (χ4n) is 12.5. The second-order valence-corrected chi connectivity index (χ2v) is 20.1. The van der Waals surface area contributed by atoms with Crippen LogP contribution >= 0.6 is 0 Å². The van der Waals surface area contributed by atoms with Crippen LogP contribution in [0, 0.1) is 0 Å². The van der Waals surface area contributed by atoms with Gasteiger partial charge in [-0.2, -0.15) is 0 Å². The third kappa shape index (κ3) is 6.72. The van der Waals surface area contributed by atoms with E-state index in [4.69, 9.17) is 13.8 Å². The van der Waals surface area contributed by atoms with Crippen molar-refractivity contribution in [3.05, 3.63) is 267 Å². The monoisotopic (exact) mass is 981 g/mol. The van der Waals surface area contributed by atoms with Gasteiger partial charge in [0.25, 0.3) is 6.71 Å². The molecule has 0 N–H and O–H groups in total. The zero-order chi connectivity index (χ0) is 50.6. The number of rotatable bonds is 7. The normalized spacial score (nSPS) is 12.6. The standard InChI is InChI=1S/C71H44BN3O2/c1-5-19-45(20-6-1)47-32-36-52(37-33-47)74-59-41-51(58-29-17-18-40-73-58)42-60-67(59)72(68-61(74)43-56(49-23-9-3-10-24-49)65-54-27-13-15-30-63(54)76-70(65)68)69-62(75(60)53-38-34-48(35-39-53)46-21-7-2-8-22-46)44-57(50-25-11-4-12-26-50)66-55-28-14-16-31-64(55)77-71(66)69/h1-44H. The second-order valence-electron chi connectivity index (χ2n) is 20.1. The molecule has 11 aromatic carbocycles. The number of aromatic nitrogens is 1. The first-order valence-electron chi connectivity index (χ1n) is 26.3. The van der Waals surface area contributed by atoms with Gasteiger partial charge in [0.05, 0.1) is 5.69 Å². The van der Waals surface area contributed by atoms with Crippen molar-refractivity contribution >= 4 is 101 Å². The van der Waals surface area contributed by atoms with Gasteiger partial charge in [-0.3, -0.25) is 4.98 Å². The van der Waals surface area contributed by atoms with Crippen LogP contribution in [-0.4, -0.2) is 11.7 Å². The number of anilines is 6. The van der Waals surface area contributed by atoms with Crippen LogP contribution in [0.15, 0.2) is 276 Å². The first kappa shape index (κ1) is 43.3. The van der Waals surface area contributed by atoms with E-state index in [2.05, 4.69) is 265 Å². The average molecular weight is 982 g/mol. The predicted molar refractivity (Wildman–Crippen MR) is 320 cm³/mol. The van der Waals surface area contributed by atoms with Gasteiger partial charge in [0.1, 0.15) is 22.3 Å². The van der Waals surface area contributed by atoms with Crippen molar-refractivity contribution in [3.8, 4) is 55.8 Å². The summed E-state index contributed by atoms with van der Waals surface area (Å²) in [6.07, 6.45) is 1.89. The van der Waals surface area contributed by atoms with Gasteiger partial charge in [0, 0.05) is 67.4 Å². The molecule has 14 aromatic rings. The summed E-state index contributed by atoms with van der Waals surface area (Å²) in [4.78, 5) is 10.0. The molecule has 16 rings (SSSR count). The molecular weight excluding hydrogens is 938 g/mol. The number of nitrogens with zero attached hydrogens (tertiary/aromatic N) is 3. The molecule has 0 spiro atoms. The zero-order valence-corrected chi connectivity index (χ0v) is 41.6. The third-order valence-electron chi connectivity index (χ3n) is 15.9. The van der Waals surface area contributed by atoms with E-state index >= 15 is 0 Å². The van der Waals surface area contributed by atoms with Crippen LogP contribution in [0.5, 0.6) is 0 Å². The Hall–Kier alpha value is -10.2. The lowest BCUT2D eigenvalue weighted by molar-refractivity contribution is 0.671. The third-order valence-corrected chi connectivity index (χ3v) is 15.9. The Balaban J connectivity index is 1.09. The van der Waals surface area contributed by atoms with Gasteiger partial charge < -0.3 is 18.6 Å². The van der Waals surface area contributed by atoms with Crippen molar-refractivity contribution in [1.82, 2.24) is 4.98 Å². The number of hydrogen-bond donors (Lipinski definition) is 0. The predicted octanol–water partition coefficient (Wildman–Crippen LogP) is 17.3. The molecular formula is C71H44BN3O2. The second kappa shape index (κ2) is 17.2. The van der Waals surface area contributed by atoms with Gasteiger partial charge >= 0.3 is 0 Å². The first-order valence-corrected chi connectivity index (χ1v) is 26.3. The molecule has 0 bridgehead atoms. The minimum Gasteiger partial charge on any atom is -0.456 e. The summed E-state index contributed by atoms with van der Waals surface area (Å²) in [5, 5.41) is 4.32. The molecule has 0 radical (unpaired) electrons. The van der Waals surface area contributed by atoms with Crippen LogP contribution in [0.25, 0.3) is 99.6 Å². The smallest absolute Gasteiger partial charge is 0.261 e. The summed E-state index contributed by atoms with van der Waals surface area (Å²) >= 11 is 0. The molecule has 77 heavy (non-hydrogen) atoms. The van der Waals surface area contributed by atoms with Gasteiger partial charge in [-0.25, -0.2) is 0 Å². The van der Waals surface area contributed by atoms with E-state index < -0.39 is 0 Å². The number of fused-ring (bicyclic) bond motifs is 12. The summed E-state index contributed by atoms with van der Waals surface area (Å²) in [5.74, 6) is 0. The fraction of sp³-hybridized carbons (Fsp3) is 0. The quantitative estimate of drug-likeness (QED) is 0.149. The van der Waals surface area contributed by atoms with Crippen molar-refractivity contribution in [1.29, 1.82) is 0 Å². The van der Waals surface area contributed by atoms with Gasteiger partial charge in [-0.05, 0) is 134 Å². The Bertz CT molecular complexity index is 4320. The average Bonchev–Trinajstić information content (AvgIpc) is 4.10. The van der Waals surface area contributed by atoms with Crippen LogP contribution in [0.3, 0.4) is 0 Å². The Morgan fingerprint density at radius 1 is 0.312 bits per heavy atom. The molecule has 5 nitrogen and oxygen atoms in total. The summed E-state index contributed by atoms with van der Waals surface area (Å²) < 4.78 is 14.9. The van der Waals surface area contributed by atoms with E-state index in [0.717, 1.165) is 139 Å². The van der Waals surface area contributed by atoms with Crippen molar-refractivity contribution in [2.24, 2.45) is 0 Å². The van der Waals surface area contributed by atoms with E-state index in [9.17, 15) is 0 Å². The summed E-state index contributed by atoms with van der Waals surface area (Å²) in [5.41, 5.74) is 23.9. The van der Waals surface area contributed by atoms with Crippen molar-refractivity contribution in [3.63, 3.8) is 0 Å². The molecule has 2 aliphatic rings. The molecule has 6 heteroatoms. The van der Waals surface area contributed by atoms with Gasteiger partial charge in [0.2, 0.25) is 0 Å². The number of para-hydroxylation sites is 2. The molecule has 0 unspecified atom stereocenters. The highest BCUT2D eigenvalue weighted by Gasteiger charge is 2.48. The molecule has 0 aliphatic carbocycles. The maximum atomic E-state index is 7.44. The summed E-state index contributed by atoms with van der Waals surface area (Å²) in [6, 6.07) is 93.7. The number of furan rings is 2. The lowest BCUT2D eigenvalue weighted by atomic mass is 9.33. The molecule has 2 aliphatic heterocycles. The SMILES string of the molecule is c1ccc(-c2ccc(N3c4cc(-c5ccccn5)cc5c4B(c4c3cc(-c3ccccc3)c3c4oc4ccccc43)c3c(cc(-c4ccccc4)c4c3oc3ccccc34)N5c3ccc(-c4ccccc4)cc3)cc2)cc1. The number of hydrogen-bond acceptors (Lipinski definition) is 5. The fourth-order valence-corrected chi connectivity index (χ4v) is 12.5. The Kier molecular flexibility index (Phi) is 9.66. The molecule has 358 valence electrons. The summed E-state index contributed by atoms with van der Waals surface area (Å²) in [6.45, 7) is -0.372. The van der Waals surface area contributed by atoms with Gasteiger partial charge in [-0.1, -0.05) is 188 Å². The van der Waals surface area contributed by atoms with Crippen LogP contribution in [0.2, 0.25) is 0 Å². The van der Waals surface area contributed by atoms with Gasteiger partial charge in [0.15, 0.2) is 0 Å². The molecule has 0 fully saturated rings. The highest BCUT2D eigenvalue weighted by atomic mass is 16.3. The molecule has 3 aromatic heterocycles. The first-order chi connectivity index (χ1) is 38.2. The van der Waals surface area contributed by atoms with Crippen LogP contribution in [0.1, 0.15) is 0 Å². The topological polar surface area (TPSA) is 45.7 Å². The largest absolute Gasteiger partial charge is 0.456 e. The summed E-state index contributed by atoms with van der Waals surface area (Å²) in [7, 11) is 0. The lowest BCUT2D eigenvalue weighted by Gasteiger charge is -2.44. The highest BCUT2D eigenvalue weighted by molar-refractivity contribution is 7.03. The Morgan fingerprint density at radius 3 is 1.12 bits per heavy atom. The van der Waals surface area contributed by atoms with E-state index in [1.54, 1.807) is 0 Å². The number of pyridine rings is 1. The van der Waals surface area contributed by atoms with E-state index in [0.29, 0.717) is 0 Å². The molecule has 0 amide bonds. The van der Waals surface area contributed by atoms with Crippen molar-refractivity contribution in [2.45, 2.75) is 0 Å². The van der Waals surface area contributed by atoms with Crippen molar-refractivity contribution in [2.75, 3.05) is 9.80 Å². The van der Waals surface area contributed by atoms with E-state index in [-0.39, 0.29) is 6.71 Å². The minimum absolute atomic E-state index is 0.372. The maximum absolute atomic E-state index is 7.44. The van der Waals surface area contributed by atoms with E-state index in [1.165, 1.54) is 11.1 Å². The zero-order valence-electron chi connectivity index (χ0n) is 41.6. The molecule has 0 saturated carbocycles. The van der Waals surface area contributed by atoms with Crippen LogP contribution < -0.4 is 26.2 Å².